The van der Waals surface area contributed by atoms with Crippen LogP contribution >= 0.6 is 0 Å². The molecule has 144 valence electrons. The van der Waals surface area contributed by atoms with E-state index < -0.39 is 36.3 Å². The number of carbonyl (C=O) groups excluding carboxylic acids is 3. The molecule has 4 rings (SSSR count). The number of hydrogen-bond donors (Lipinski definition) is 1. The van der Waals surface area contributed by atoms with E-state index in [4.69, 9.17) is 9.47 Å². The average molecular weight is 380 g/mol. The van der Waals surface area contributed by atoms with Gasteiger partial charge in [0.15, 0.2) is 0 Å². The summed E-state index contributed by atoms with van der Waals surface area (Å²) in [5.41, 5.74) is 1.25. The van der Waals surface area contributed by atoms with Crippen LogP contribution in [-0.2, 0) is 14.3 Å². The molecule has 7 nitrogen and oxygen atoms in total. The second kappa shape index (κ2) is 7.18. The summed E-state index contributed by atoms with van der Waals surface area (Å²) in [7, 11) is 0. The molecule has 1 saturated heterocycles. The molecule has 2 heterocycles. The molecule has 7 heteroatoms. The van der Waals surface area contributed by atoms with Crippen molar-refractivity contribution in [2.24, 2.45) is 0 Å². The van der Waals surface area contributed by atoms with Crippen molar-refractivity contribution in [3.63, 3.8) is 0 Å². The third kappa shape index (κ3) is 3.08. The average Bonchev–Trinajstić information content (AvgIpc) is 2.93. The first-order valence-corrected chi connectivity index (χ1v) is 9.10. The molecule has 0 saturated carbocycles. The zero-order valence-electron chi connectivity index (χ0n) is 15.5. The van der Waals surface area contributed by atoms with Crippen molar-refractivity contribution >= 4 is 17.7 Å². The summed E-state index contributed by atoms with van der Waals surface area (Å²) in [5.74, 6) is -1.51. The van der Waals surface area contributed by atoms with Crippen LogP contribution in [0.4, 0.5) is 0 Å². The van der Waals surface area contributed by atoms with Crippen molar-refractivity contribution in [1.29, 1.82) is 0 Å². The van der Waals surface area contributed by atoms with E-state index in [0.29, 0.717) is 5.56 Å². The van der Waals surface area contributed by atoms with Crippen LogP contribution in [0.2, 0.25) is 0 Å². The van der Waals surface area contributed by atoms with Crippen LogP contribution in [0.5, 0.6) is 0 Å². The lowest BCUT2D eigenvalue weighted by Crippen LogP contribution is -2.61. The van der Waals surface area contributed by atoms with Gasteiger partial charge in [-0.3, -0.25) is 19.3 Å². The number of fused-ring (bicyclic) bond motifs is 1. The topological polar surface area (TPSA) is 84.9 Å². The lowest BCUT2D eigenvalue weighted by atomic mass is 9.98. The Morgan fingerprint density at radius 3 is 2.07 bits per heavy atom. The van der Waals surface area contributed by atoms with Gasteiger partial charge in [-0.05, 0) is 31.5 Å². The number of nitrogens with one attached hydrogen (secondary N) is 1. The third-order valence-electron chi connectivity index (χ3n) is 4.71. The first-order valence-electron chi connectivity index (χ1n) is 9.10. The van der Waals surface area contributed by atoms with E-state index in [0.717, 1.165) is 4.90 Å². The molecule has 2 aromatic rings. The van der Waals surface area contributed by atoms with Crippen molar-refractivity contribution in [1.82, 2.24) is 10.2 Å². The van der Waals surface area contributed by atoms with E-state index >= 15 is 0 Å². The number of carbonyl (C=O) groups is 3. The van der Waals surface area contributed by atoms with Gasteiger partial charge in [0.25, 0.3) is 11.8 Å². The smallest absolute Gasteiger partial charge is 0.262 e. The molecular weight excluding hydrogens is 360 g/mol. The van der Waals surface area contributed by atoms with Crippen molar-refractivity contribution < 1.29 is 23.9 Å². The minimum Gasteiger partial charge on any atom is -0.333 e. The van der Waals surface area contributed by atoms with Crippen molar-refractivity contribution in [3.05, 3.63) is 71.3 Å². The Kier molecular flexibility index (Phi) is 4.70. The standard InChI is InChI=1S/C21H20N2O5/c1-12(2)27-21-22-18(24)16(17(28-21)13-8-4-3-5-9-13)23-19(25)14-10-6-7-11-15(14)20(23)26/h3-12,16-17,21H,1-2H3,(H,22,24)/t16-,17+,21+/m1/s1. The fraction of sp³-hybridized carbons (Fsp3) is 0.286. The van der Waals surface area contributed by atoms with Crippen LogP contribution in [0.3, 0.4) is 0 Å². The van der Waals surface area contributed by atoms with E-state index in [9.17, 15) is 14.4 Å². The monoisotopic (exact) mass is 380 g/mol. The Morgan fingerprint density at radius 2 is 1.50 bits per heavy atom. The zero-order chi connectivity index (χ0) is 19.8. The highest BCUT2D eigenvalue weighted by molar-refractivity contribution is 6.23. The normalized spacial score (nSPS) is 24.5. The Bertz CT molecular complexity index is 892. The molecule has 0 unspecified atom stereocenters. The van der Waals surface area contributed by atoms with Crippen LogP contribution in [0.1, 0.15) is 46.2 Å². The van der Waals surface area contributed by atoms with E-state index in [2.05, 4.69) is 5.32 Å². The van der Waals surface area contributed by atoms with E-state index in [1.54, 1.807) is 36.4 Å². The number of amides is 3. The van der Waals surface area contributed by atoms with Crippen LogP contribution < -0.4 is 5.32 Å². The molecule has 2 aliphatic rings. The van der Waals surface area contributed by atoms with Gasteiger partial charge in [0, 0.05) is 0 Å². The van der Waals surface area contributed by atoms with Gasteiger partial charge in [-0.1, -0.05) is 42.5 Å². The molecule has 1 fully saturated rings. The van der Waals surface area contributed by atoms with Gasteiger partial charge in [0.1, 0.15) is 12.1 Å². The molecule has 2 aromatic carbocycles. The van der Waals surface area contributed by atoms with Crippen LogP contribution in [-0.4, -0.2) is 41.2 Å². The summed E-state index contributed by atoms with van der Waals surface area (Å²) in [6, 6.07) is 14.4. The molecule has 28 heavy (non-hydrogen) atoms. The Labute approximate surface area is 162 Å². The van der Waals surface area contributed by atoms with Crippen molar-refractivity contribution in [2.45, 2.75) is 38.5 Å². The van der Waals surface area contributed by atoms with Crippen molar-refractivity contribution in [3.8, 4) is 0 Å². The maximum Gasteiger partial charge on any atom is 0.262 e. The van der Waals surface area contributed by atoms with Crippen LogP contribution in [0, 0.1) is 0 Å². The fourth-order valence-corrected chi connectivity index (χ4v) is 3.51. The molecule has 1 N–H and O–H groups in total. The summed E-state index contributed by atoms with van der Waals surface area (Å²) < 4.78 is 11.6. The number of rotatable bonds is 4. The highest BCUT2D eigenvalue weighted by Crippen LogP contribution is 2.35. The maximum atomic E-state index is 13.0. The third-order valence-corrected chi connectivity index (χ3v) is 4.71. The lowest BCUT2D eigenvalue weighted by molar-refractivity contribution is -0.232. The van der Waals surface area contributed by atoms with E-state index in [1.807, 2.05) is 32.0 Å². The molecule has 0 spiro atoms. The SMILES string of the molecule is CC(C)O[C@@H]1NC(=O)[C@H](N2C(=O)c3ccccc3C2=O)[C@H](c2ccccc2)O1. The molecule has 0 bridgehead atoms. The Morgan fingerprint density at radius 1 is 0.929 bits per heavy atom. The van der Waals surface area contributed by atoms with Gasteiger partial charge in [-0.2, -0.15) is 0 Å². The molecule has 3 atom stereocenters. The molecule has 3 amide bonds. The first-order chi connectivity index (χ1) is 13.5. The Hall–Kier alpha value is -3.03. The van der Waals surface area contributed by atoms with Crippen LogP contribution in [0.15, 0.2) is 54.6 Å². The van der Waals surface area contributed by atoms with E-state index in [-0.39, 0.29) is 17.2 Å². The minimum atomic E-state index is -1.14. The number of hydrogen-bond acceptors (Lipinski definition) is 5. The van der Waals surface area contributed by atoms with E-state index in [1.165, 1.54) is 0 Å². The summed E-state index contributed by atoms with van der Waals surface area (Å²) in [5, 5.41) is 2.61. The van der Waals surface area contributed by atoms with Gasteiger partial charge < -0.3 is 14.8 Å². The second-order valence-corrected chi connectivity index (χ2v) is 6.96. The summed E-state index contributed by atoms with van der Waals surface area (Å²) in [6.07, 6.45) is -2.00. The maximum absolute atomic E-state index is 13.0. The van der Waals surface area contributed by atoms with Gasteiger partial charge >= 0.3 is 0 Å². The van der Waals surface area contributed by atoms with Gasteiger partial charge in [-0.25, -0.2) is 0 Å². The Balaban J connectivity index is 1.73. The van der Waals surface area contributed by atoms with Gasteiger partial charge in [-0.15, -0.1) is 0 Å². The quantitative estimate of drug-likeness (QED) is 0.823. The molecule has 0 aromatic heterocycles. The number of benzene rings is 2. The predicted molar refractivity (Wildman–Crippen MR) is 99.1 cm³/mol. The highest BCUT2D eigenvalue weighted by atomic mass is 16.7. The molecular formula is C21H20N2O5. The minimum absolute atomic E-state index is 0.183. The van der Waals surface area contributed by atoms with Gasteiger partial charge in [0.05, 0.1) is 17.2 Å². The second-order valence-electron chi connectivity index (χ2n) is 6.96. The van der Waals surface area contributed by atoms with Crippen LogP contribution in [0.25, 0.3) is 0 Å². The summed E-state index contributed by atoms with van der Waals surface area (Å²) in [6.45, 7) is 3.65. The fourth-order valence-electron chi connectivity index (χ4n) is 3.51. The number of nitrogens with zero attached hydrogens (tertiary/aromatic N) is 1. The zero-order valence-corrected chi connectivity index (χ0v) is 15.5. The predicted octanol–water partition coefficient (Wildman–Crippen LogP) is 2.25. The lowest BCUT2D eigenvalue weighted by Gasteiger charge is -2.39. The first kappa shape index (κ1) is 18.3. The largest absolute Gasteiger partial charge is 0.333 e. The molecule has 0 aliphatic carbocycles. The number of ether oxygens (including phenoxy) is 2. The number of imide groups is 1. The summed E-state index contributed by atoms with van der Waals surface area (Å²) >= 11 is 0. The van der Waals surface area contributed by atoms with Crippen molar-refractivity contribution in [2.75, 3.05) is 0 Å². The summed E-state index contributed by atoms with van der Waals surface area (Å²) in [4.78, 5) is 39.8. The highest BCUT2D eigenvalue weighted by Gasteiger charge is 2.50. The van der Waals surface area contributed by atoms with Gasteiger partial charge in [0.2, 0.25) is 12.3 Å². The molecule has 0 radical (unpaired) electrons. The molecule has 2 aliphatic heterocycles.